The summed E-state index contributed by atoms with van der Waals surface area (Å²) >= 11 is 0. The third-order valence-electron chi connectivity index (χ3n) is 7.22. The Balaban J connectivity index is 1.55. The number of amides is 4. The topological polar surface area (TPSA) is 263 Å². The molecule has 0 aliphatic heterocycles. The lowest BCUT2D eigenvalue weighted by Gasteiger charge is -2.24. The van der Waals surface area contributed by atoms with Gasteiger partial charge in [0.15, 0.2) is 0 Å². The van der Waals surface area contributed by atoms with Crippen molar-refractivity contribution in [2.45, 2.75) is 49.9 Å². The quantitative estimate of drug-likeness (QED) is 0.0841. The fourth-order valence-corrected chi connectivity index (χ4v) is 4.97. The van der Waals surface area contributed by atoms with Crippen LogP contribution >= 0.6 is 0 Å². The lowest BCUT2D eigenvalue weighted by atomic mass is 10.0. The van der Waals surface area contributed by atoms with Crippen LogP contribution in [0.25, 0.3) is 21.8 Å². The summed E-state index contributed by atoms with van der Waals surface area (Å²) in [6.07, 6.45) is 1.63. The van der Waals surface area contributed by atoms with Gasteiger partial charge in [-0.15, -0.1) is 0 Å². The zero-order chi connectivity index (χ0) is 32.7. The molecule has 0 saturated heterocycles. The number of aromatic amines is 2. The number of rotatable bonds is 15. The molecule has 0 aliphatic carbocycles. The Hall–Kier alpha value is -5.70. The predicted molar refractivity (Wildman–Crippen MR) is 161 cm³/mol. The molecule has 15 heteroatoms. The predicted octanol–water partition coefficient (Wildman–Crippen LogP) is -0.349. The average molecular weight is 620 g/mol. The van der Waals surface area contributed by atoms with E-state index in [-0.39, 0.29) is 12.8 Å². The Morgan fingerprint density at radius 3 is 1.64 bits per heavy atom. The van der Waals surface area contributed by atoms with E-state index in [9.17, 15) is 39.0 Å². The summed E-state index contributed by atoms with van der Waals surface area (Å²) in [6.45, 7) is 0. The number of carboxylic acid groups (broad SMARTS) is 2. The zero-order valence-corrected chi connectivity index (χ0v) is 23.9. The van der Waals surface area contributed by atoms with Crippen molar-refractivity contribution in [3.63, 3.8) is 0 Å². The third-order valence-corrected chi connectivity index (χ3v) is 7.22. The molecule has 4 unspecified atom stereocenters. The van der Waals surface area contributed by atoms with E-state index < -0.39 is 72.6 Å². The van der Waals surface area contributed by atoms with Crippen LogP contribution in [0, 0.1) is 0 Å². The number of H-pyrrole nitrogens is 2. The molecule has 0 saturated carbocycles. The number of carbonyl (C=O) groups is 6. The van der Waals surface area contributed by atoms with Gasteiger partial charge < -0.3 is 47.6 Å². The first-order chi connectivity index (χ1) is 21.4. The van der Waals surface area contributed by atoms with Gasteiger partial charge in [-0.05, 0) is 23.3 Å². The Morgan fingerprint density at radius 2 is 1.13 bits per heavy atom. The summed E-state index contributed by atoms with van der Waals surface area (Å²) in [4.78, 5) is 80.7. The molecule has 0 bridgehead atoms. The van der Waals surface area contributed by atoms with Gasteiger partial charge in [0, 0.05) is 47.0 Å². The second-order valence-electron chi connectivity index (χ2n) is 10.5. The van der Waals surface area contributed by atoms with Gasteiger partial charge >= 0.3 is 11.9 Å². The van der Waals surface area contributed by atoms with Crippen molar-refractivity contribution in [3.05, 3.63) is 72.1 Å². The van der Waals surface area contributed by atoms with Crippen molar-refractivity contribution in [3.8, 4) is 0 Å². The Bertz CT molecular complexity index is 1750. The minimum Gasteiger partial charge on any atom is -0.481 e. The molecule has 45 heavy (non-hydrogen) atoms. The number of nitrogens with one attached hydrogen (secondary N) is 5. The van der Waals surface area contributed by atoms with E-state index in [2.05, 4.69) is 25.9 Å². The molecular weight excluding hydrogens is 586 g/mol. The number of aromatic nitrogens is 2. The fraction of sp³-hybridized carbons (Fsp3) is 0.267. The highest BCUT2D eigenvalue weighted by Crippen LogP contribution is 2.20. The van der Waals surface area contributed by atoms with Crippen molar-refractivity contribution in [1.82, 2.24) is 25.9 Å². The molecule has 236 valence electrons. The van der Waals surface area contributed by atoms with E-state index in [1.807, 2.05) is 0 Å². The number of carbonyl (C=O) groups excluding carboxylic acids is 4. The molecule has 0 aliphatic rings. The van der Waals surface area contributed by atoms with Gasteiger partial charge in [-0.1, -0.05) is 36.4 Å². The molecule has 4 atom stereocenters. The highest BCUT2D eigenvalue weighted by Gasteiger charge is 2.32. The first-order valence-electron chi connectivity index (χ1n) is 13.9. The van der Waals surface area contributed by atoms with Gasteiger partial charge in [0.05, 0.1) is 18.9 Å². The van der Waals surface area contributed by atoms with Gasteiger partial charge in [-0.3, -0.25) is 24.0 Å². The highest BCUT2D eigenvalue weighted by atomic mass is 16.4. The number of carboxylic acids is 2. The molecule has 0 fully saturated rings. The van der Waals surface area contributed by atoms with Gasteiger partial charge in [0.2, 0.25) is 23.6 Å². The lowest BCUT2D eigenvalue weighted by Crippen LogP contribution is -2.58. The van der Waals surface area contributed by atoms with E-state index >= 15 is 0 Å². The van der Waals surface area contributed by atoms with Crippen LogP contribution in [-0.2, 0) is 41.6 Å². The van der Waals surface area contributed by atoms with Crippen LogP contribution in [-0.4, -0.2) is 79.9 Å². The van der Waals surface area contributed by atoms with Crippen LogP contribution in [0.3, 0.4) is 0 Å². The first-order valence-corrected chi connectivity index (χ1v) is 13.9. The maximum atomic E-state index is 13.5. The van der Waals surface area contributed by atoms with Crippen molar-refractivity contribution < 1.29 is 39.0 Å². The van der Waals surface area contributed by atoms with Gasteiger partial charge in [-0.25, -0.2) is 4.79 Å². The number of aliphatic carboxylic acids is 2. The largest absolute Gasteiger partial charge is 0.481 e. The molecule has 4 amide bonds. The SMILES string of the molecule is NC(=O)CC(N)C(=O)NC(Cc1c[nH]c2ccccc12)C(=O)NC(CC(=O)O)C(=O)NC(Cc1c[nH]c2ccccc12)C(=O)O. The van der Waals surface area contributed by atoms with Crippen LogP contribution in [0.1, 0.15) is 24.0 Å². The minimum atomic E-state index is -1.71. The van der Waals surface area contributed by atoms with Crippen LogP contribution in [0.15, 0.2) is 60.9 Å². The molecule has 2 aromatic heterocycles. The third kappa shape index (κ3) is 8.23. The summed E-state index contributed by atoms with van der Waals surface area (Å²) < 4.78 is 0. The zero-order valence-electron chi connectivity index (χ0n) is 23.9. The van der Waals surface area contributed by atoms with Crippen molar-refractivity contribution in [2.24, 2.45) is 11.5 Å². The van der Waals surface area contributed by atoms with Crippen LogP contribution in [0.4, 0.5) is 0 Å². The number of hydrogen-bond acceptors (Lipinski definition) is 7. The fourth-order valence-electron chi connectivity index (χ4n) is 4.97. The van der Waals surface area contributed by atoms with E-state index in [4.69, 9.17) is 11.5 Å². The Labute approximate surface area is 255 Å². The number of primary amides is 1. The van der Waals surface area contributed by atoms with Crippen LogP contribution in [0.5, 0.6) is 0 Å². The molecule has 4 rings (SSSR count). The molecule has 15 nitrogen and oxygen atoms in total. The number of para-hydroxylation sites is 2. The molecule has 0 radical (unpaired) electrons. The lowest BCUT2D eigenvalue weighted by molar-refractivity contribution is -0.143. The molecule has 4 aromatic rings. The van der Waals surface area contributed by atoms with E-state index in [1.165, 1.54) is 0 Å². The summed E-state index contributed by atoms with van der Waals surface area (Å²) in [7, 11) is 0. The van der Waals surface area contributed by atoms with Gasteiger partial charge in [0.25, 0.3) is 0 Å². The van der Waals surface area contributed by atoms with Gasteiger partial charge in [-0.2, -0.15) is 0 Å². The van der Waals surface area contributed by atoms with Crippen molar-refractivity contribution in [1.29, 1.82) is 0 Å². The van der Waals surface area contributed by atoms with Crippen molar-refractivity contribution >= 4 is 57.4 Å². The monoisotopic (exact) mass is 619 g/mol. The van der Waals surface area contributed by atoms with E-state index in [1.54, 1.807) is 60.9 Å². The smallest absolute Gasteiger partial charge is 0.326 e. The molecule has 2 aromatic carbocycles. The van der Waals surface area contributed by atoms with E-state index in [0.717, 1.165) is 21.8 Å². The number of hydrogen-bond donors (Lipinski definition) is 9. The van der Waals surface area contributed by atoms with E-state index in [0.29, 0.717) is 11.1 Å². The van der Waals surface area contributed by atoms with Crippen molar-refractivity contribution in [2.75, 3.05) is 0 Å². The maximum Gasteiger partial charge on any atom is 0.326 e. The number of nitrogens with two attached hydrogens (primary N) is 2. The van der Waals surface area contributed by atoms with Gasteiger partial charge in [0.1, 0.15) is 18.1 Å². The van der Waals surface area contributed by atoms with Crippen LogP contribution in [0.2, 0.25) is 0 Å². The standard InChI is InChI=1S/C30H33N7O8/c31-19(11-25(32)38)27(41)35-22(9-15-13-33-20-7-3-1-5-17(15)20)28(42)36-23(12-26(39)40)29(43)37-24(30(44)45)10-16-14-34-21-8-4-2-6-18(16)21/h1-8,13-14,19,22-24,33-34H,9-12,31H2,(H2,32,38)(H,35,41)(H,36,42)(H,37,43)(H,39,40)(H,44,45). The molecule has 0 spiro atoms. The first kappa shape index (κ1) is 32.2. The molecule has 2 heterocycles. The average Bonchev–Trinajstić information content (AvgIpc) is 3.59. The Morgan fingerprint density at radius 1 is 0.667 bits per heavy atom. The summed E-state index contributed by atoms with van der Waals surface area (Å²) in [5.74, 6) is -6.53. The molecular formula is C30H33N7O8. The second kappa shape index (κ2) is 14.2. The molecule has 11 N–H and O–H groups in total. The number of fused-ring (bicyclic) bond motifs is 2. The Kier molecular flexibility index (Phi) is 10.2. The van der Waals surface area contributed by atoms with Crippen LogP contribution < -0.4 is 27.4 Å². The summed E-state index contributed by atoms with van der Waals surface area (Å²) in [5, 5.41) is 28.0. The number of benzene rings is 2. The second-order valence-corrected chi connectivity index (χ2v) is 10.5. The normalized spacial score (nSPS) is 13.8. The minimum absolute atomic E-state index is 0.107. The highest BCUT2D eigenvalue weighted by molar-refractivity contribution is 5.97. The summed E-state index contributed by atoms with van der Waals surface area (Å²) in [6, 6.07) is 8.42. The maximum absolute atomic E-state index is 13.5. The summed E-state index contributed by atoms with van der Waals surface area (Å²) in [5.41, 5.74) is 13.6.